The molecule has 2 saturated heterocycles. The lowest BCUT2D eigenvalue weighted by atomic mass is 9.89. The van der Waals surface area contributed by atoms with Gasteiger partial charge in [0.25, 0.3) is 0 Å². The van der Waals surface area contributed by atoms with Crippen molar-refractivity contribution in [2.75, 3.05) is 7.11 Å². The number of fused-ring (bicyclic) bond motifs is 2. The first-order chi connectivity index (χ1) is 9.49. The third-order valence-electron chi connectivity index (χ3n) is 4.48. The number of ether oxygens (including phenoxy) is 1. The van der Waals surface area contributed by atoms with Crippen LogP contribution >= 0.6 is 12.4 Å². The molecule has 21 heavy (non-hydrogen) atoms. The molecule has 1 amide bonds. The van der Waals surface area contributed by atoms with E-state index in [0.717, 1.165) is 12.8 Å². The second kappa shape index (κ2) is 7.99. The first-order valence-electron chi connectivity index (χ1n) is 7.62. The fraction of sp³-hybridized carbons (Fsp3) is 0.867. The second-order valence-corrected chi connectivity index (χ2v) is 6.49. The van der Waals surface area contributed by atoms with Gasteiger partial charge in [0.15, 0.2) is 0 Å². The number of carbonyl (C=O) groups is 2. The highest BCUT2D eigenvalue weighted by atomic mass is 35.5. The maximum absolute atomic E-state index is 12.1. The zero-order chi connectivity index (χ0) is 14.7. The number of hydrogen-bond acceptors (Lipinski definition) is 4. The molecule has 0 aliphatic carbocycles. The van der Waals surface area contributed by atoms with E-state index < -0.39 is 6.04 Å². The van der Waals surface area contributed by atoms with Crippen molar-refractivity contribution in [1.29, 1.82) is 0 Å². The predicted molar refractivity (Wildman–Crippen MR) is 83.3 cm³/mol. The van der Waals surface area contributed by atoms with Gasteiger partial charge in [-0.2, -0.15) is 0 Å². The summed E-state index contributed by atoms with van der Waals surface area (Å²) in [6.45, 7) is 3.82. The van der Waals surface area contributed by atoms with Crippen LogP contribution in [0.25, 0.3) is 0 Å². The Morgan fingerprint density at radius 1 is 1.24 bits per heavy atom. The summed E-state index contributed by atoms with van der Waals surface area (Å²) < 4.78 is 4.74. The average molecular weight is 319 g/mol. The van der Waals surface area contributed by atoms with Crippen LogP contribution in [0.2, 0.25) is 0 Å². The fourth-order valence-electron chi connectivity index (χ4n) is 3.46. The topological polar surface area (TPSA) is 67.4 Å². The van der Waals surface area contributed by atoms with Crippen molar-refractivity contribution in [1.82, 2.24) is 10.6 Å². The van der Waals surface area contributed by atoms with Crippen LogP contribution in [0, 0.1) is 11.8 Å². The molecule has 0 aromatic rings. The summed E-state index contributed by atoms with van der Waals surface area (Å²) >= 11 is 0. The van der Waals surface area contributed by atoms with E-state index in [0.29, 0.717) is 24.4 Å². The van der Waals surface area contributed by atoms with Crippen molar-refractivity contribution in [2.45, 2.75) is 64.1 Å². The Hall–Kier alpha value is -0.810. The Morgan fingerprint density at radius 2 is 1.81 bits per heavy atom. The number of methoxy groups -OCH3 is 1. The van der Waals surface area contributed by atoms with Crippen molar-refractivity contribution in [2.24, 2.45) is 11.8 Å². The van der Waals surface area contributed by atoms with E-state index >= 15 is 0 Å². The molecule has 2 bridgehead atoms. The number of hydrogen-bond donors (Lipinski definition) is 2. The minimum atomic E-state index is -0.536. The van der Waals surface area contributed by atoms with Crippen molar-refractivity contribution >= 4 is 24.3 Å². The van der Waals surface area contributed by atoms with Gasteiger partial charge in [-0.15, -0.1) is 12.4 Å². The average Bonchev–Trinajstić information content (AvgIpc) is 2.74. The molecule has 2 rings (SSSR count). The number of piperidine rings is 1. The van der Waals surface area contributed by atoms with E-state index in [-0.39, 0.29) is 30.2 Å². The highest BCUT2D eigenvalue weighted by Crippen LogP contribution is 2.32. The smallest absolute Gasteiger partial charge is 0.328 e. The van der Waals surface area contributed by atoms with E-state index in [1.165, 1.54) is 20.0 Å². The molecule has 2 aliphatic rings. The molecule has 2 fully saturated rings. The normalized spacial score (nSPS) is 28.7. The maximum Gasteiger partial charge on any atom is 0.328 e. The molecule has 0 spiro atoms. The van der Waals surface area contributed by atoms with Crippen LogP contribution in [0.4, 0.5) is 0 Å². The van der Waals surface area contributed by atoms with Crippen molar-refractivity contribution in [3.8, 4) is 0 Å². The van der Waals surface area contributed by atoms with Crippen molar-refractivity contribution < 1.29 is 14.3 Å². The van der Waals surface area contributed by atoms with Crippen molar-refractivity contribution in [3.63, 3.8) is 0 Å². The molecule has 0 radical (unpaired) electrons. The third kappa shape index (κ3) is 4.85. The standard InChI is InChI=1S/C15H26N2O3.ClH/c1-9(2)14(15(19)20-3)17-13(18)8-10-6-11-4-5-12(7-10)16-11;/h9-12,14,16H,4-8H2,1-3H3,(H,17,18);1H. The van der Waals surface area contributed by atoms with Gasteiger partial charge in [0.2, 0.25) is 5.91 Å². The molecule has 0 saturated carbocycles. The summed E-state index contributed by atoms with van der Waals surface area (Å²) in [6, 6.07) is 0.645. The third-order valence-corrected chi connectivity index (χ3v) is 4.48. The molecule has 6 heteroatoms. The molecule has 2 heterocycles. The van der Waals surface area contributed by atoms with Crippen LogP contribution in [0.1, 0.15) is 46.0 Å². The minimum Gasteiger partial charge on any atom is -0.467 e. The number of nitrogens with one attached hydrogen (secondary N) is 2. The SMILES string of the molecule is COC(=O)C(NC(=O)CC1CC2CCC(C1)N2)C(C)C.Cl. The van der Waals surface area contributed by atoms with Gasteiger partial charge in [0.05, 0.1) is 7.11 Å². The van der Waals surface area contributed by atoms with E-state index in [2.05, 4.69) is 10.6 Å². The number of rotatable bonds is 5. The summed E-state index contributed by atoms with van der Waals surface area (Å²) in [6.07, 6.45) is 5.15. The zero-order valence-electron chi connectivity index (χ0n) is 13.1. The van der Waals surface area contributed by atoms with E-state index in [4.69, 9.17) is 4.74 Å². The quantitative estimate of drug-likeness (QED) is 0.756. The monoisotopic (exact) mass is 318 g/mol. The number of halogens is 1. The fourth-order valence-corrected chi connectivity index (χ4v) is 3.46. The van der Waals surface area contributed by atoms with Gasteiger partial charge >= 0.3 is 5.97 Å². The van der Waals surface area contributed by atoms with Crippen molar-refractivity contribution in [3.05, 3.63) is 0 Å². The molecular weight excluding hydrogens is 292 g/mol. The lowest BCUT2D eigenvalue weighted by molar-refractivity contribution is -0.146. The van der Waals surface area contributed by atoms with E-state index in [9.17, 15) is 9.59 Å². The highest BCUT2D eigenvalue weighted by molar-refractivity contribution is 5.85. The number of carbonyl (C=O) groups excluding carboxylic acids is 2. The molecule has 0 aromatic carbocycles. The number of esters is 1. The molecule has 3 unspecified atom stereocenters. The Balaban J connectivity index is 0.00000220. The van der Waals surface area contributed by atoms with Gasteiger partial charge in [-0.1, -0.05) is 13.8 Å². The Kier molecular flexibility index (Phi) is 6.94. The van der Waals surface area contributed by atoms with Gasteiger partial charge in [-0.3, -0.25) is 4.79 Å². The molecule has 3 atom stereocenters. The van der Waals surface area contributed by atoms with Gasteiger partial charge in [0.1, 0.15) is 6.04 Å². The molecular formula is C15H27ClN2O3. The second-order valence-electron chi connectivity index (χ2n) is 6.49. The number of amides is 1. The molecule has 0 aromatic heterocycles. The lowest BCUT2D eigenvalue weighted by Crippen LogP contribution is -2.46. The zero-order valence-corrected chi connectivity index (χ0v) is 13.9. The van der Waals surface area contributed by atoms with Crippen LogP contribution in [0.15, 0.2) is 0 Å². The van der Waals surface area contributed by atoms with E-state index in [1.54, 1.807) is 0 Å². The first kappa shape index (κ1) is 18.2. The Bertz CT molecular complexity index is 364. The van der Waals surface area contributed by atoms with Gasteiger partial charge in [0, 0.05) is 18.5 Å². The summed E-state index contributed by atoms with van der Waals surface area (Å²) in [5, 5.41) is 6.40. The maximum atomic E-state index is 12.1. The molecule has 122 valence electrons. The van der Waals surface area contributed by atoms with E-state index in [1.807, 2.05) is 13.8 Å². The molecule has 2 N–H and O–H groups in total. The summed E-state index contributed by atoms with van der Waals surface area (Å²) in [5.74, 6) is 0.0916. The summed E-state index contributed by atoms with van der Waals surface area (Å²) in [5.41, 5.74) is 0. The minimum absolute atomic E-state index is 0. The lowest BCUT2D eigenvalue weighted by Gasteiger charge is -2.29. The molecule has 2 aliphatic heterocycles. The molecule has 5 nitrogen and oxygen atoms in total. The largest absolute Gasteiger partial charge is 0.467 e. The van der Waals surface area contributed by atoms with Gasteiger partial charge in [-0.25, -0.2) is 4.79 Å². The summed E-state index contributed by atoms with van der Waals surface area (Å²) in [7, 11) is 1.36. The van der Waals surface area contributed by atoms with Crippen LogP contribution in [0.5, 0.6) is 0 Å². The predicted octanol–water partition coefficient (Wildman–Crippen LogP) is 1.64. The Morgan fingerprint density at radius 3 is 2.29 bits per heavy atom. The first-order valence-corrected chi connectivity index (χ1v) is 7.62. The van der Waals surface area contributed by atoms with Crippen LogP contribution < -0.4 is 10.6 Å². The van der Waals surface area contributed by atoms with Crippen LogP contribution in [-0.2, 0) is 14.3 Å². The van der Waals surface area contributed by atoms with Gasteiger partial charge < -0.3 is 15.4 Å². The van der Waals surface area contributed by atoms with Gasteiger partial charge in [-0.05, 0) is 37.5 Å². The Labute approximate surface area is 133 Å². The van der Waals surface area contributed by atoms with Crippen LogP contribution in [0.3, 0.4) is 0 Å². The van der Waals surface area contributed by atoms with Crippen LogP contribution in [-0.4, -0.2) is 37.1 Å². The summed E-state index contributed by atoms with van der Waals surface area (Å²) in [4.78, 5) is 23.8. The highest BCUT2D eigenvalue weighted by Gasteiger charge is 2.35.